The molecule has 40 heavy (non-hydrogen) atoms. The van der Waals surface area contributed by atoms with Gasteiger partial charge >= 0.3 is 6.18 Å². The molecule has 0 saturated heterocycles. The zero-order valence-electron chi connectivity index (χ0n) is 23.1. The molecule has 0 bridgehead atoms. The van der Waals surface area contributed by atoms with E-state index in [1.165, 1.54) is 12.1 Å². The summed E-state index contributed by atoms with van der Waals surface area (Å²) in [6.45, 7) is 4.94. The van der Waals surface area contributed by atoms with Gasteiger partial charge in [-0.05, 0) is 85.4 Å². The first-order valence-corrected chi connectivity index (χ1v) is 15.8. The van der Waals surface area contributed by atoms with E-state index in [0.29, 0.717) is 30.5 Å². The molecule has 1 fully saturated rings. The van der Waals surface area contributed by atoms with E-state index in [-0.39, 0.29) is 54.4 Å². The fraction of sp³-hybridized carbons (Fsp3) is 0.567. The first kappa shape index (κ1) is 30.5. The van der Waals surface area contributed by atoms with Crippen molar-refractivity contribution in [2.45, 2.75) is 82.1 Å². The average Bonchev–Trinajstić information content (AvgIpc) is 3.28. The fourth-order valence-electron chi connectivity index (χ4n) is 6.18. The number of carbonyl (C=O) groups excluding carboxylic acids is 1. The van der Waals surface area contributed by atoms with Crippen LogP contribution in [0.15, 0.2) is 47.4 Å². The minimum Gasteiger partial charge on any atom is -0.396 e. The highest BCUT2D eigenvalue weighted by Gasteiger charge is 2.42. The number of aliphatic hydroxyl groups is 1. The third-order valence-electron chi connectivity index (χ3n) is 8.51. The molecule has 0 spiro atoms. The Morgan fingerprint density at radius 2 is 1.75 bits per heavy atom. The van der Waals surface area contributed by atoms with Gasteiger partial charge in [-0.15, -0.1) is 0 Å². The molecule has 1 saturated carbocycles. The summed E-state index contributed by atoms with van der Waals surface area (Å²) in [4.78, 5) is 15.8. The molecule has 0 unspecified atom stereocenters. The number of fused-ring (bicyclic) bond motifs is 1. The third kappa shape index (κ3) is 6.89. The van der Waals surface area contributed by atoms with Crippen LogP contribution in [0, 0.1) is 11.8 Å². The Balaban J connectivity index is 1.43. The fourth-order valence-corrected chi connectivity index (χ4v) is 7.06. The molecule has 2 aromatic rings. The van der Waals surface area contributed by atoms with Gasteiger partial charge < -0.3 is 10.4 Å². The van der Waals surface area contributed by atoms with Gasteiger partial charge in [0.05, 0.1) is 22.6 Å². The summed E-state index contributed by atoms with van der Waals surface area (Å²) in [5.74, 6) is -1.23. The van der Waals surface area contributed by atoms with Crippen LogP contribution in [0.25, 0.3) is 0 Å². The van der Waals surface area contributed by atoms with E-state index in [4.69, 9.17) is 0 Å². The van der Waals surface area contributed by atoms with E-state index >= 15 is 0 Å². The Morgan fingerprint density at radius 3 is 2.33 bits per heavy atom. The van der Waals surface area contributed by atoms with E-state index in [2.05, 4.69) is 17.1 Å². The molecule has 0 radical (unpaired) electrons. The second-order valence-electron chi connectivity index (χ2n) is 11.0. The highest BCUT2D eigenvalue weighted by molar-refractivity contribution is 7.91. The summed E-state index contributed by atoms with van der Waals surface area (Å²) >= 11 is 0. The number of carbonyl (C=O) groups is 1. The van der Waals surface area contributed by atoms with Crippen molar-refractivity contribution < 1.29 is 31.5 Å². The van der Waals surface area contributed by atoms with Gasteiger partial charge in [0.15, 0.2) is 9.84 Å². The van der Waals surface area contributed by atoms with Crippen LogP contribution >= 0.6 is 0 Å². The zero-order valence-corrected chi connectivity index (χ0v) is 23.9. The van der Waals surface area contributed by atoms with Crippen LogP contribution in [-0.2, 0) is 16.4 Å². The van der Waals surface area contributed by atoms with Crippen molar-refractivity contribution in [3.8, 4) is 0 Å². The smallest absolute Gasteiger partial charge is 0.391 e. The molecule has 10 heteroatoms. The van der Waals surface area contributed by atoms with Crippen molar-refractivity contribution in [1.29, 1.82) is 0 Å². The second-order valence-corrected chi connectivity index (χ2v) is 13.3. The van der Waals surface area contributed by atoms with Crippen LogP contribution in [0.1, 0.15) is 91.5 Å². The molecule has 2 N–H and O–H groups in total. The van der Waals surface area contributed by atoms with Crippen molar-refractivity contribution in [1.82, 2.24) is 10.2 Å². The van der Waals surface area contributed by atoms with Crippen LogP contribution in [-0.4, -0.2) is 49.4 Å². The summed E-state index contributed by atoms with van der Waals surface area (Å²) in [6, 6.07) is 11.7. The number of alkyl halides is 3. The van der Waals surface area contributed by atoms with E-state index < -0.39 is 28.0 Å². The summed E-state index contributed by atoms with van der Waals surface area (Å²) in [5, 5.41) is 12.6. The Bertz CT molecular complexity index is 1270. The van der Waals surface area contributed by atoms with Crippen LogP contribution in [0.2, 0.25) is 0 Å². The van der Waals surface area contributed by atoms with E-state index in [1.807, 2.05) is 12.1 Å². The summed E-state index contributed by atoms with van der Waals surface area (Å²) < 4.78 is 63.5. The number of benzene rings is 2. The second kappa shape index (κ2) is 12.6. The highest BCUT2D eigenvalue weighted by Crippen LogP contribution is 2.42. The van der Waals surface area contributed by atoms with E-state index in [0.717, 1.165) is 24.1 Å². The van der Waals surface area contributed by atoms with Gasteiger partial charge in [-0.25, -0.2) is 8.42 Å². The maximum absolute atomic E-state index is 13.2. The molecule has 4 rings (SSSR count). The topological polar surface area (TPSA) is 86.7 Å². The van der Waals surface area contributed by atoms with Gasteiger partial charge in [-0.1, -0.05) is 32.0 Å². The lowest BCUT2D eigenvalue weighted by Crippen LogP contribution is -2.33. The summed E-state index contributed by atoms with van der Waals surface area (Å²) in [7, 11) is -3.34. The molecule has 220 valence electrons. The summed E-state index contributed by atoms with van der Waals surface area (Å²) in [5.41, 5.74) is 3.41. The van der Waals surface area contributed by atoms with Crippen molar-refractivity contribution in [2.75, 3.05) is 18.9 Å². The quantitative estimate of drug-likeness (QED) is 0.362. The predicted molar refractivity (Wildman–Crippen MR) is 147 cm³/mol. The Hall–Kier alpha value is -2.43. The Labute approximate surface area is 234 Å². The highest BCUT2D eigenvalue weighted by atomic mass is 32.2. The molecule has 1 amide bonds. The van der Waals surface area contributed by atoms with Crippen LogP contribution < -0.4 is 5.32 Å². The number of nitrogens with zero attached hydrogens (tertiary/aromatic N) is 1. The van der Waals surface area contributed by atoms with Gasteiger partial charge in [0.1, 0.15) is 0 Å². The maximum atomic E-state index is 13.2. The zero-order chi connectivity index (χ0) is 29.1. The monoisotopic (exact) mass is 580 g/mol. The number of halogens is 3. The standard InChI is InChI=1S/C30H39F3N2O4S/c1-3-28-26-14-9-22(17-23(26)19-35(28)18-20-5-10-24(11-6-20)30(31,32)33)29(37)34-27(15-16-36)21-7-12-25(13-8-21)40(38,39)4-2/h7-9,12-14,17,20,24,27-28,36H,3-6,10-11,15-16,18-19H2,1-2H3,(H,34,37)/t20?,24?,27-,28+/m0/s1. The minimum absolute atomic E-state index is 0.00300. The number of hydrogen-bond donors (Lipinski definition) is 2. The lowest BCUT2D eigenvalue weighted by atomic mass is 9.81. The minimum atomic E-state index is -4.10. The molecule has 1 aliphatic carbocycles. The van der Waals surface area contributed by atoms with Crippen molar-refractivity contribution in [3.05, 3.63) is 64.7 Å². The lowest BCUT2D eigenvalue weighted by Gasteiger charge is -2.34. The normalized spacial score (nSPS) is 22.6. The number of nitrogens with one attached hydrogen (secondary N) is 1. The largest absolute Gasteiger partial charge is 0.396 e. The molecule has 2 atom stereocenters. The number of rotatable bonds is 10. The van der Waals surface area contributed by atoms with E-state index in [1.54, 1.807) is 25.1 Å². The Kier molecular flexibility index (Phi) is 9.62. The first-order chi connectivity index (χ1) is 19.0. The van der Waals surface area contributed by atoms with Gasteiger partial charge in [-0.2, -0.15) is 13.2 Å². The van der Waals surface area contributed by atoms with E-state index in [9.17, 15) is 31.5 Å². The van der Waals surface area contributed by atoms with Gasteiger partial charge in [0.25, 0.3) is 5.91 Å². The van der Waals surface area contributed by atoms with Crippen LogP contribution in [0.5, 0.6) is 0 Å². The van der Waals surface area contributed by atoms with Crippen molar-refractivity contribution >= 4 is 15.7 Å². The molecular weight excluding hydrogens is 541 g/mol. The van der Waals surface area contributed by atoms with Crippen molar-refractivity contribution in [3.63, 3.8) is 0 Å². The van der Waals surface area contributed by atoms with Gasteiger partial charge in [0.2, 0.25) is 0 Å². The average molecular weight is 581 g/mol. The molecule has 1 aliphatic heterocycles. The molecule has 2 aliphatic rings. The van der Waals surface area contributed by atoms with Crippen LogP contribution in [0.4, 0.5) is 13.2 Å². The molecule has 0 aromatic heterocycles. The number of aliphatic hydroxyl groups excluding tert-OH is 1. The SMILES string of the molecule is CC[C@@H]1c2ccc(C(=O)N[C@@H](CCO)c3ccc(S(=O)(=O)CC)cc3)cc2CN1CC1CCC(C(F)(F)F)CC1. The van der Waals surface area contributed by atoms with Gasteiger partial charge in [0, 0.05) is 31.3 Å². The molecule has 2 aromatic carbocycles. The molecule has 6 nitrogen and oxygen atoms in total. The van der Waals surface area contributed by atoms with Crippen LogP contribution in [0.3, 0.4) is 0 Å². The van der Waals surface area contributed by atoms with Crippen molar-refractivity contribution in [2.24, 2.45) is 11.8 Å². The number of amides is 1. The van der Waals surface area contributed by atoms with Gasteiger partial charge in [-0.3, -0.25) is 9.69 Å². The summed E-state index contributed by atoms with van der Waals surface area (Å²) in [6.07, 6.45) is -1.40. The predicted octanol–water partition coefficient (Wildman–Crippen LogP) is 5.97. The Morgan fingerprint density at radius 1 is 1.07 bits per heavy atom. The maximum Gasteiger partial charge on any atom is 0.391 e. The number of hydrogen-bond acceptors (Lipinski definition) is 5. The first-order valence-electron chi connectivity index (χ1n) is 14.1. The lowest BCUT2D eigenvalue weighted by molar-refractivity contribution is -0.184. The molecular formula is C30H39F3N2O4S. The third-order valence-corrected chi connectivity index (χ3v) is 10.3. The number of sulfone groups is 1. The molecule has 1 heterocycles.